The van der Waals surface area contributed by atoms with Crippen molar-refractivity contribution in [2.24, 2.45) is 0 Å². The van der Waals surface area contributed by atoms with Gasteiger partial charge in [0.05, 0.1) is 6.20 Å². The summed E-state index contributed by atoms with van der Waals surface area (Å²) in [7, 11) is 0. The topological polar surface area (TPSA) is 44.0 Å². The molecule has 0 spiro atoms. The molecule has 1 heterocycles. The summed E-state index contributed by atoms with van der Waals surface area (Å²) in [5.74, 6) is -0.960. The molecule has 0 aliphatic heterocycles. The van der Waals surface area contributed by atoms with Gasteiger partial charge >= 0.3 is 5.69 Å². The molecule has 0 aromatic carbocycles. The normalized spacial score (nSPS) is 9.93. The van der Waals surface area contributed by atoms with Gasteiger partial charge in [0.15, 0.2) is 0 Å². The quantitative estimate of drug-likeness (QED) is 0.680. The van der Waals surface area contributed by atoms with Crippen LogP contribution in [-0.2, 0) is 13.1 Å². The molecule has 80 valence electrons. The van der Waals surface area contributed by atoms with Gasteiger partial charge < -0.3 is 0 Å². The lowest BCUT2D eigenvalue weighted by Gasteiger charge is -2.06. The number of hydrogen-bond donors (Lipinski definition) is 0. The Kier molecular flexibility index (Phi) is 3.38. The van der Waals surface area contributed by atoms with Gasteiger partial charge in [0.25, 0.3) is 5.56 Å². The van der Waals surface area contributed by atoms with Gasteiger partial charge in [-0.05, 0) is 0 Å². The zero-order valence-corrected chi connectivity index (χ0v) is 8.15. The predicted molar refractivity (Wildman–Crippen MR) is 55.3 cm³/mol. The highest BCUT2D eigenvalue weighted by Gasteiger charge is 2.08. The molecule has 1 aromatic heterocycles. The first-order chi connectivity index (χ1) is 7.11. The highest BCUT2D eigenvalue weighted by molar-refractivity contribution is 4.93. The average Bonchev–Trinajstić information content (AvgIpc) is 2.21. The lowest BCUT2D eigenvalue weighted by atomic mass is 10.5. The molecule has 0 N–H and O–H groups in total. The molecule has 1 aromatic rings. The number of rotatable bonds is 4. The van der Waals surface area contributed by atoms with Gasteiger partial charge in [-0.25, -0.2) is 4.79 Å². The lowest BCUT2D eigenvalue weighted by Crippen LogP contribution is -2.40. The molecular formula is C10H11FN2O2. The number of aromatic nitrogens is 2. The van der Waals surface area contributed by atoms with E-state index in [1.54, 1.807) is 0 Å². The van der Waals surface area contributed by atoms with Crippen LogP contribution in [0.1, 0.15) is 0 Å². The summed E-state index contributed by atoms with van der Waals surface area (Å²) in [4.78, 5) is 22.8. The minimum atomic E-state index is -0.960. The van der Waals surface area contributed by atoms with Gasteiger partial charge in [-0.3, -0.25) is 13.9 Å². The number of halogens is 1. The van der Waals surface area contributed by atoms with E-state index >= 15 is 0 Å². The summed E-state index contributed by atoms with van der Waals surface area (Å²) >= 11 is 0. The van der Waals surface area contributed by atoms with Crippen molar-refractivity contribution < 1.29 is 4.39 Å². The van der Waals surface area contributed by atoms with Crippen molar-refractivity contribution in [3.8, 4) is 0 Å². The maximum atomic E-state index is 13.1. The van der Waals surface area contributed by atoms with Crippen LogP contribution in [0.5, 0.6) is 0 Å². The Balaban J connectivity index is 3.48. The molecule has 15 heavy (non-hydrogen) atoms. The number of hydrogen-bond acceptors (Lipinski definition) is 2. The van der Waals surface area contributed by atoms with Crippen LogP contribution in [0.3, 0.4) is 0 Å². The molecule has 0 saturated heterocycles. The van der Waals surface area contributed by atoms with E-state index < -0.39 is 17.1 Å². The first kappa shape index (κ1) is 11.2. The van der Waals surface area contributed by atoms with Gasteiger partial charge in [0.2, 0.25) is 5.82 Å². The Hall–Kier alpha value is -1.91. The smallest absolute Gasteiger partial charge is 0.294 e. The summed E-state index contributed by atoms with van der Waals surface area (Å²) < 4.78 is 15.0. The summed E-state index contributed by atoms with van der Waals surface area (Å²) in [6.45, 7) is 6.98. The maximum absolute atomic E-state index is 13.1. The van der Waals surface area contributed by atoms with Crippen LogP contribution >= 0.6 is 0 Å². The molecule has 1 rings (SSSR count). The van der Waals surface area contributed by atoms with Gasteiger partial charge in [-0.1, -0.05) is 12.2 Å². The molecule has 0 aliphatic rings. The fourth-order valence-electron chi connectivity index (χ4n) is 1.18. The summed E-state index contributed by atoms with van der Waals surface area (Å²) in [5, 5.41) is 0. The first-order valence-electron chi connectivity index (χ1n) is 4.33. The fourth-order valence-corrected chi connectivity index (χ4v) is 1.18. The average molecular weight is 210 g/mol. The van der Waals surface area contributed by atoms with Crippen LogP contribution in [0.4, 0.5) is 4.39 Å². The Labute approximate surface area is 85.6 Å². The molecule has 0 unspecified atom stereocenters. The molecule has 0 aliphatic carbocycles. The SMILES string of the molecule is C=CCn1cc(F)c(=O)n(CC=C)c1=O. The zero-order valence-electron chi connectivity index (χ0n) is 8.15. The minimum absolute atomic E-state index is 0.00737. The second-order valence-electron chi connectivity index (χ2n) is 2.91. The Morgan fingerprint density at radius 1 is 1.27 bits per heavy atom. The van der Waals surface area contributed by atoms with Crippen molar-refractivity contribution in [3.63, 3.8) is 0 Å². The van der Waals surface area contributed by atoms with E-state index in [0.717, 1.165) is 15.3 Å². The van der Waals surface area contributed by atoms with Crippen molar-refractivity contribution in [2.45, 2.75) is 13.1 Å². The molecule has 0 atom stereocenters. The van der Waals surface area contributed by atoms with Crippen LogP contribution in [0.2, 0.25) is 0 Å². The summed E-state index contributed by atoms with van der Waals surface area (Å²) in [5.41, 5.74) is -1.50. The molecule has 4 nitrogen and oxygen atoms in total. The fraction of sp³-hybridized carbons (Fsp3) is 0.200. The summed E-state index contributed by atoms with van der Waals surface area (Å²) in [6.07, 6.45) is 3.69. The standard InChI is InChI=1S/C10H11FN2O2/c1-3-5-12-7-8(11)9(14)13(6-4-2)10(12)15/h3-4,7H,1-2,5-6H2. The third kappa shape index (κ3) is 2.12. The van der Waals surface area contributed by atoms with Gasteiger partial charge in [0, 0.05) is 13.1 Å². The number of allylic oxidation sites excluding steroid dienone is 2. The molecule has 0 radical (unpaired) electrons. The van der Waals surface area contributed by atoms with E-state index in [1.807, 2.05) is 0 Å². The van der Waals surface area contributed by atoms with Crippen molar-refractivity contribution >= 4 is 0 Å². The molecule has 0 bridgehead atoms. The van der Waals surface area contributed by atoms with Crippen molar-refractivity contribution in [3.05, 3.63) is 58.2 Å². The van der Waals surface area contributed by atoms with Crippen LogP contribution in [0.25, 0.3) is 0 Å². The van der Waals surface area contributed by atoms with Crippen LogP contribution in [0, 0.1) is 5.82 Å². The second-order valence-corrected chi connectivity index (χ2v) is 2.91. The lowest BCUT2D eigenvalue weighted by molar-refractivity contribution is 0.523. The summed E-state index contributed by atoms with van der Waals surface area (Å²) in [6, 6.07) is 0. The highest BCUT2D eigenvalue weighted by Crippen LogP contribution is 1.87. The van der Waals surface area contributed by atoms with E-state index in [4.69, 9.17) is 0 Å². The van der Waals surface area contributed by atoms with Gasteiger partial charge in [0.1, 0.15) is 0 Å². The minimum Gasteiger partial charge on any atom is -0.294 e. The molecule has 0 amide bonds. The Morgan fingerprint density at radius 2 is 1.87 bits per heavy atom. The van der Waals surface area contributed by atoms with E-state index in [1.165, 1.54) is 12.2 Å². The van der Waals surface area contributed by atoms with Gasteiger partial charge in [-0.15, -0.1) is 13.2 Å². The molecule has 0 saturated carbocycles. The second kappa shape index (κ2) is 4.54. The highest BCUT2D eigenvalue weighted by atomic mass is 19.1. The molecular weight excluding hydrogens is 199 g/mol. The van der Waals surface area contributed by atoms with Crippen LogP contribution < -0.4 is 11.2 Å². The third-order valence-electron chi connectivity index (χ3n) is 1.83. The Bertz CT molecular complexity index is 499. The van der Waals surface area contributed by atoms with E-state index in [2.05, 4.69) is 13.2 Å². The van der Waals surface area contributed by atoms with Crippen LogP contribution in [0.15, 0.2) is 41.1 Å². The Morgan fingerprint density at radius 3 is 2.40 bits per heavy atom. The third-order valence-corrected chi connectivity index (χ3v) is 1.83. The molecule has 0 fully saturated rings. The van der Waals surface area contributed by atoms with E-state index in [9.17, 15) is 14.0 Å². The molecule has 5 heteroatoms. The van der Waals surface area contributed by atoms with Gasteiger partial charge in [-0.2, -0.15) is 4.39 Å². The van der Waals surface area contributed by atoms with E-state index in [-0.39, 0.29) is 13.1 Å². The van der Waals surface area contributed by atoms with Crippen molar-refractivity contribution in [2.75, 3.05) is 0 Å². The maximum Gasteiger partial charge on any atom is 0.331 e. The number of nitrogens with zero attached hydrogens (tertiary/aromatic N) is 2. The van der Waals surface area contributed by atoms with Crippen LogP contribution in [-0.4, -0.2) is 9.13 Å². The largest absolute Gasteiger partial charge is 0.331 e. The monoisotopic (exact) mass is 210 g/mol. The van der Waals surface area contributed by atoms with Crippen molar-refractivity contribution in [1.29, 1.82) is 0 Å². The van der Waals surface area contributed by atoms with Crippen molar-refractivity contribution in [1.82, 2.24) is 9.13 Å². The van der Waals surface area contributed by atoms with E-state index in [0.29, 0.717) is 0 Å². The zero-order chi connectivity index (χ0) is 11.4. The predicted octanol–water partition coefficient (Wildman–Crippen LogP) is 0.521. The first-order valence-corrected chi connectivity index (χ1v) is 4.33.